The molecule has 4 rings (SSSR count). The quantitative estimate of drug-likeness (QED) is 0.521. The molecule has 0 radical (unpaired) electrons. The molecule has 1 amide bonds. The zero-order chi connectivity index (χ0) is 19.7. The van der Waals surface area contributed by atoms with Crippen molar-refractivity contribution in [3.63, 3.8) is 0 Å². The number of fused-ring (bicyclic) bond motifs is 1. The van der Waals surface area contributed by atoms with Crippen LogP contribution >= 0.6 is 0 Å². The number of aryl methyl sites for hydroxylation is 3. The first kappa shape index (κ1) is 18.0. The molecular weight excluding hydrogens is 346 g/mol. The lowest BCUT2D eigenvalue weighted by atomic mass is 10.1. The zero-order valence-electron chi connectivity index (χ0n) is 16.4. The lowest BCUT2D eigenvalue weighted by Gasteiger charge is -2.09. The summed E-state index contributed by atoms with van der Waals surface area (Å²) in [6.07, 6.45) is 2.95. The topological polar surface area (TPSA) is 46.4 Å². The second-order valence-corrected chi connectivity index (χ2v) is 7.11. The number of hydrogen-bond donors (Lipinski definition) is 1. The third-order valence-electron chi connectivity index (χ3n) is 4.95. The van der Waals surface area contributed by atoms with Gasteiger partial charge in [0.05, 0.1) is 0 Å². The minimum atomic E-state index is -0.140. The van der Waals surface area contributed by atoms with Crippen molar-refractivity contribution in [3.05, 3.63) is 89.1 Å². The van der Waals surface area contributed by atoms with E-state index in [1.165, 1.54) is 11.1 Å². The lowest BCUT2D eigenvalue weighted by Crippen LogP contribution is -2.14. The average Bonchev–Trinajstić information content (AvgIpc) is 3.06. The fourth-order valence-electron chi connectivity index (χ4n) is 3.25. The minimum Gasteiger partial charge on any atom is -0.306 e. The number of carbonyl (C=O) groups is 1. The Morgan fingerprint density at radius 1 is 0.929 bits per heavy atom. The highest BCUT2D eigenvalue weighted by molar-refractivity contribution is 6.05. The Bertz CT molecular complexity index is 1140. The first-order chi connectivity index (χ1) is 13.5. The van der Waals surface area contributed by atoms with Gasteiger partial charge in [0, 0.05) is 17.3 Å². The van der Waals surface area contributed by atoms with Gasteiger partial charge in [0.2, 0.25) is 0 Å². The van der Waals surface area contributed by atoms with Crippen LogP contribution in [0.25, 0.3) is 16.9 Å². The van der Waals surface area contributed by atoms with E-state index in [4.69, 9.17) is 4.98 Å². The number of carbonyl (C=O) groups excluding carboxylic acids is 1. The van der Waals surface area contributed by atoms with Gasteiger partial charge in [-0.1, -0.05) is 55.0 Å². The number of nitrogens with one attached hydrogen (secondary N) is 1. The third kappa shape index (κ3) is 3.41. The number of benzene rings is 2. The molecule has 0 unspecified atom stereocenters. The molecule has 4 aromatic rings. The molecule has 0 bridgehead atoms. The number of anilines is 1. The van der Waals surface area contributed by atoms with E-state index in [0.29, 0.717) is 11.4 Å². The molecular formula is C24H23N3O. The summed E-state index contributed by atoms with van der Waals surface area (Å²) in [4.78, 5) is 17.7. The maximum atomic E-state index is 12.9. The molecule has 0 aliphatic heterocycles. The summed E-state index contributed by atoms with van der Waals surface area (Å²) in [5, 5.41) is 3.09. The van der Waals surface area contributed by atoms with Crippen molar-refractivity contribution in [3.8, 4) is 11.3 Å². The summed E-state index contributed by atoms with van der Waals surface area (Å²) in [6.45, 7) is 6.18. The Morgan fingerprint density at radius 2 is 1.61 bits per heavy atom. The Kier molecular flexibility index (Phi) is 4.70. The largest absolute Gasteiger partial charge is 0.306 e. The van der Waals surface area contributed by atoms with Crippen molar-refractivity contribution in [1.29, 1.82) is 0 Å². The molecule has 0 saturated carbocycles. The maximum Gasteiger partial charge on any atom is 0.256 e. The van der Waals surface area contributed by atoms with Crippen molar-refractivity contribution in [1.82, 2.24) is 9.38 Å². The van der Waals surface area contributed by atoms with Crippen LogP contribution in [0.1, 0.15) is 34.0 Å². The van der Waals surface area contributed by atoms with Crippen LogP contribution in [0.5, 0.6) is 0 Å². The van der Waals surface area contributed by atoms with Crippen LogP contribution in [0.2, 0.25) is 0 Å². The van der Waals surface area contributed by atoms with Gasteiger partial charge >= 0.3 is 0 Å². The summed E-state index contributed by atoms with van der Waals surface area (Å²) in [5.41, 5.74) is 6.68. The minimum absolute atomic E-state index is 0.140. The van der Waals surface area contributed by atoms with Gasteiger partial charge in [-0.2, -0.15) is 0 Å². The molecule has 4 nitrogen and oxygen atoms in total. The molecule has 2 heterocycles. The van der Waals surface area contributed by atoms with Gasteiger partial charge in [-0.05, 0) is 49.6 Å². The van der Waals surface area contributed by atoms with E-state index in [9.17, 15) is 4.79 Å². The van der Waals surface area contributed by atoms with Crippen LogP contribution in [0, 0.1) is 13.8 Å². The SMILES string of the molecule is CCc1ccc(C(=O)Nc2c(-c3ccc(C)cc3)nc3ccc(C)cn23)cc1. The summed E-state index contributed by atoms with van der Waals surface area (Å²) in [5.74, 6) is 0.548. The first-order valence-electron chi connectivity index (χ1n) is 9.51. The van der Waals surface area contributed by atoms with E-state index in [2.05, 4.69) is 31.3 Å². The van der Waals surface area contributed by atoms with Crippen molar-refractivity contribution < 1.29 is 4.79 Å². The smallest absolute Gasteiger partial charge is 0.256 e. The van der Waals surface area contributed by atoms with Crippen LogP contribution in [0.3, 0.4) is 0 Å². The molecule has 0 aliphatic carbocycles. The number of rotatable bonds is 4. The van der Waals surface area contributed by atoms with Crippen molar-refractivity contribution in [2.75, 3.05) is 5.32 Å². The second kappa shape index (κ2) is 7.31. The first-order valence-corrected chi connectivity index (χ1v) is 9.51. The lowest BCUT2D eigenvalue weighted by molar-refractivity contribution is 0.102. The Balaban J connectivity index is 1.79. The highest BCUT2D eigenvalue weighted by Gasteiger charge is 2.17. The Hall–Kier alpha value is -3.40. The van der Waals surface area contributed by atoms with Crippen LogP contribution in [-0.4, -0.2) is 15.3 Å². The van der Waals surface area contributed by atoms with Crippen LogP contribution < -0.4 is 5.32 Å². The van der Waals surface area contributed by atoms with E-state index < -0.39 is 0 Å². The Labute approximate surface area is 164 Å². The fourth-order valence-corrected chi connectivity index (χ4v) is 3.25. The number of nitrogens with zero attached hydrogens (tertiary/aromatic N) is 2. The summed E-state index contributed by atoms with van der Waals surface area (Å²) < 4.78 is 1.95. The summed E-state index contributed by atoms with van der Waals surface area (Å²) >= 11 is 0. The molecule has 4 heteroatoms. The number of aromatic nitrogens is 2. The van der Waals surface area contributed by atoms with E-state index in [0.717, 1.165) is 28.9 Å². The highest BCUT2D eigenvalue weighted by atomic mass is 16.1. The van der Waals surface area contributed by atoms with Gasteiger partial charge in [-0.15, -0.1) is 0 Å². The van der Waals surface area contributed by atoms with E-state index in [1.807, 2.05) is 66.1 Å². The molecule has 0 fully saturated rings. The van der Waals surface area contributed by atoms with E-state index in [-0.39, 0.29) is 5.91 Å². The average molecular weight is 369 g/mol. The van der Waals surface area contributed by atoms with Gasteiger partial charge in [-0.25, -0.2) is 4.98 Å². The number of imidazole rings is 1. The van der Waals surface area contributed by atoms with E-state index >= 15 is 0 Å². The molecule has 0 aliphatic rings. The van der Waals surface area contributed by atoms with Crippen molar-refractivity contribution in [2.24, 2.45) is 0 Å². The summed E-state index contributed by atoms with van der Waals surface area (Å²) in [6, 6.07) is 19.9. The Morgan fingerprint density at radius 3 is 2.29 bits per heavy atom. The number of pyridine rings is 1. The van der Waals surface area contributed by atoms with Gasteiger partial charge in [-0.3, -0.25) is 9.20 Å². The number of hydrogen-bond acceptors (Lipinski definition) is 2. The van der Waals surface area contributed by atoms with Crippen molar-refractivity contribution >= 4 is 17.4 Å². The molecule has 2 aromatic heterocycles. The molecule has 2 aromatic carbocycles. The summed E-state index contributed by atoms with van der Waals surface area (Å²) in [7, 11) is 0. The zero-order valence-corrected chi connectivity index (χ0v) is 16.4. The van der Waals surface area contributed by atoms with Gasteiger partial charge < -0.3 is 5.32 Å². The van der Waals surface area contributed by atoms with Crippen LogP contribution in [0.4, 0.5) is 5.82 Å². The normalized spacial score (nSPS) is 11.0. The molecule has 0 atom stereocenters. The van der Waals surface area contributed by atoms with Crippen molar-refractivity contribution in [2.45, 2.75) is 27.2 Å². The fraction of sp³-hybridized carbons (Fsp3) is 0.167. The van der Waals surface area contributed by atoms with Gasteiger partial charge in [0.25, 0.3) is 5.91 Å². The molecule has 1 N–H and O–H groups in total. The van der Waals surface area contributed by atoms with Crippen LogP contribution in [-0.2, 0) is 6.42 Å². The molecule has 140 valence electrons. The predicted octanol–water partition coefficient (Wildman–Crippen LogP) is 5.43. The van der Waals surface area contributed by atoms with Gasteiger partial charge in [0.15, 0.2) is 0 Å². The molecule has 0 spiro atoms. The highest BCUT2D eigenvalue weighted by Crippen LogP contribution is 2.29. The van der Waals surface area contributed by atoms with Gasteiger partial charge in [0.1, 0.15) is 17.2 Å². The maximum absolute atomic E-state index is 12.9. The second-order valence-electron chi connectivity index (χ2n) is 7.11. The molecule has 0 saturated heterocycles. The number of amides is 1. The van der Waals surface area contributed by atoms with E-state index in [1.54, 1.807) is 0 Å². The predicted molar refractivity (Wildman–Crippen MR) is 114 cm³/mol. The molecule has 28 heavy (non-hydrogen) atoms. The van der Waals surface area contributed by atoms with Crippen LogP contribution in [0.15, 0.2) is 66.9 Å². The standard InChI is InChI=1S/C24H23N3O/c1-4-18-8-12-20(13-9-18)24(28)26-23-22(19-10-5-16(2)6-11-19)25-21-14-7-17(3)15-27(21)23/h5-15H,4H2,1-3H3,(H,26,28). The third-order valence-corrected chi connectivity index (χ3v) is 4.95. The monoisotopic (exact) mass is 369 g/mol.